The first-order chi connectivity index (χ1) is 8.35. The van der Waals surface area contributed by atoms with E-state index < -0.39 is 0 Å². The van der Waals surface area contributed by atoms with E-state index in [-0.39, 0.29) is 0 Å². The lowest BCUT2D eigenvalue weighted by atomic mass is 10.1. The normalized spacial score (nSPS) is 13.8. The van der Waals surface area contributed by atoms with Crippen molar-refractivity contribution in [2.45, 2.75) is 13.2 Å². The third-order valence-corrected chi connectivity index (χ3v) is 2.57. The molecule has 5 heteroatoms. The van der Waals surface area contributed by atoms with Gasteiger partial charge in [0.25, 0.3) is 0 Å². The molecule has 1 aliphatic heterocycles. The Kier molecular flexibility index (Phi) is 4.19. The van der Waals surface area contributed by atoms with Crippen LogP contribution in [0.1, 0.15) is 11.1 Å². The lowest BCUT2D eigenvalue weighted by molar-refractivity contribution is 0.0856. The first-order valence-electron chi connectivity index (χ1n) is 5.51. The van der Waals surface area contributed by atoms with Gasteiger partial charge in [-0.25, -0.2) is 0 Å². The van der Waals surface area contributed by atoms with Gasteiger partial charge in [0.1, 0.15) is 13.2 Å². The number of fused-ring (bicyclic) bond motifs is 1. The minimum atomic E-state index is 0.539. The van der Waals surface area contributed by atoms with E-state index in [2.05, 4.69) is 5.48 Å². The van der Waals surface area contributed by atoms with E-state index in [0.29, 0.717) is 26.4 Å². The van der Waals surface area contributed by atoms with Gasteiger partial charge in [-0.3, -0.25) is 0 Å². The highest BCUT2D eigenvalue weighted by atomic mass is 16.6. The molecular formula is C12H17NO4. The molecular weight excluding hydrogens is 222 g/mol. The summed E-state index contributed by atoms with van der Waals surface area (Å²) in [6, 6.07) is 3.93. The molecule has 1 N–H and O–H groups in total. The van der Waals surface area contributed by atoms with Gasteiger partial charge in [0.2, 0.25) is 0 Å². The number of nitrogens with one attached hydrogen (secondary N) is 1. The maximum Gasteiger partial charge on any atom is 0.161 e. The molecule has 0 aromatic heterocycles. The van der Waals surface area contributed by atoms with Gasteiger partial charge in [-0.15, -0.1) is 0 Å². The monoisotopic (exact) mass is 239 g/mol. The molecule has 0 unspecified atom stereocenters. The molecule has 0 saturated heterocycles. The molecule has 1 heterocycles. The number of benzene rings is 1. The van der Waals surface area contributed by atoms with Crippen LogP contribution in [0.4, 0.5) is 0 Å². The molecule has 17 heavy (non-hydrogen) atoms. The average Bonchev–Trinajstić information content (AvgIpc) is 2.36. The predicted octanol–water partition coefficient (Wildman–Crippen LogP) is 1.26. The van der Waals surface area contributed by atoms with Crippen LogP contribution in [0.25, 0.3) is 0 Å². The Labute approximate surface area is 101 Å². The summed E-state index contributed by atoms with van der Waals surface area (Å²) >= 11 is 0. The number of hydroxylamine groups is 1. The third-order valence-electron chi connectivity index (χ3n) is 2.57. The molecule has 0 aliphatic carbocycles. The van der Waals surface area contributed by atoms with E-state index in [1.54, 1.807) is 14.2 Å². The van der Waals surface area contributed by atoms with E-state index in [1.165, 1.54) is 0 Å². The largest absolute Gasteiger partial charge is 0.486 e. The van der Waals surface area contributed by atoms with E-state index >= 15 is 0 Å². The molecule has 0 saturated carbocycles. The van der Waals surface area contributed by atoms with Gasteiger partial charge in [0.15, 0.2) is 11.5 Å². The quantitative estimate of drug-likeness (QED) is 0.784. The van der Waals surface area contributed by atoms with Gasteiger partial charge in [0.05, 0.1) is 13.7 Å². The van der Waals surface area contributed by atoms with Crippen molar-refractivity contribution in [3.05, 3.63) is 23.3 Å². The highest BCUT2D eigenvalue weighted by molar-refractivity contribution is 5.48. The molecule has 0 bridgehead atoms. The van der Waals surface area contributed by atoms with Crippen molar-refractivity contribution in [2.24, 2.45) is 0 Å². The van der Waals surface area contributed by atoms with E-state index in [4.69, 9.17) is 19.0 Å². The van der Waals surface area contributed by atoms with Crippen molar-refractivity contribution < 1.29 is 19.0 Å². The second kappa shape index (κ2) is 5.86. The minimum Gasteiger partial charge on any atom is -0.486 e. The number of methoxy groups -OCH3 is 1. The van der Waals surface area contributed by atoms with Crippen molar-refractivity contribution in [2.75, 3.05) is 27.4 Å². The average molecular weight is 239 g/mol. The summed E-state index contributed by atoms with van der Waals surface area (Å²) in [5.41, 5.74) is 4.97. The topological polar surface area (TPSA) is 49.0 Å². The fourth-order valence-corrected chi connectivity index (χ4v) is 1.78. The number of hydrogen-bond acceptors (Lipinski definition) is 5. The van der Waals surface area contributed by atoms with Gasteiger partial charge >= 0.3 is 0 Å². The molecule has 1 aliphatic rings. The second-order valence-electron chi connectivity index (χ2n) is 3.72. The van der Waals surface area contributed by atoms with Crippen LogP contribution in [0.15, 0.2) is 12.1 Å². The minimum absolute atomic E-state index is 0.539. The van der Waals surface area contributed by atoms with Crippen LogP contribution in [-0.4, -0.2) is 27.4 Å². The number of ether oxygens (including phenoxy) is 3. The Morgan fingerprint density at radius 3 is 2.35 bits per heavy atom. The van der Waals surface area contributed by atoms with Crippen molar-refractivity contribution in [1.29, 1.82) is 0 Å². The lowest BCUT2D eigenvalue weighted by Crippen LogP contribution is -2.18. The maximum absolute atomic E-state index is 5.54. The molecule has 0 radical (unpaired) electrons. The summed E-state index contributed by atoms with van der Waals surface area (Å²) in [6.45, 7) is 2.33. The van der Waals surface area contributed by atoms with Crippen LogP contribution in [0.2, 0.25) is 0 Å². The molecule has 5 nitrogen and oxygen atoms in total. The van der Waals surface area contributed by atoms with Crippen molar-refractivity contribution in [3.63, 3.8) is 0 Å². The Balaban J connectivity index is 2.26. The van der Waals surface area contributed by atoms with Gasteiger partial charge < -0.3 is 19.0 Å². The molecule has 94 valence electrons. The Hall–Kier alpha value is -1.30. The third kappa shape index (κ3) is 2.88. The summed E-state index contributed by atoms with van der Waals surface area (Å²) in [5, 5.41) is 0. The highest BCUT2D eigenvalue weighted by Crippen LogP contribution is 2.33. The van der Waals surface area contributed by atoms with Crippen LogP contribution >= 0.6 is 0 Å². The van der Waals surface area contributed by atoms with Crippen LogP contribution in [0.5, 0.6) is 11.5 Å². The number of rotatable bonds is 5. The zero-order valence-corrected chi connectivity index (χ0v) is 10.1. The van der Waals surface area contributed by atoms with Gasteiger partial charge in [-0.1, -0.05) is 0 Å². The lowest BCUT2D eigenvalue weighted by Gasteiger charge is -2.21. The fraction of sp³-hybridized carbons (Fsp3) is 0.500. The molecule has 2 rings (SSSR count). The molecule has 0 spiro atoms. The van der Waals surface area contributed by atoms with Crippen LogP contribution in [0, 0.1) is 0 Å². The van der Waals surface area contributed by atoms with Crippen LogP contribution < -0.4 is 15.0 Å². The SMILES string of the molecule is COCc1cc2c(cc1CNOC)OCCO2. The molecule has 1 aromatic rings. The second-order valence-corrected chi connectivity index (χ2v) is 3.72. The van der Waals surface area contributed by atoms with Gasteiger partial charge in [0, 0.05) is 13.7 Å². The predicted molar refractivity (Wildman–Crippen MR) is 62.0 cm³/mol. The molecule has 0 amide bonds. The van der Waals surface area contributed by atoms with Crippen LogP contribution in [-0.2, 0) is 22.7 Å². The Morgan fingerprint density at radius 1 is 1.12 bits per heavy atom. The summed E-state index contributed by atoms with van der Waals surface area (Å²) in [5.74, 6) is 1.56. The van der Waals surface area contributed by atoms with Crippen molar-refractivity contribution in [3.8, 4) is 11.5 Å². The summed E-state index contributed by atoms with van der Waals surface area (Å²) in [4.78, 5) is 4.86. The van der Waals surface area contributed by atoms with Crippen molar-refractivity contribution in [1.82, 2.24) is 5.48 Å². The zero-order chi connectivity index (χ0) is 12.1. The Bertz CT molecular complexity index is 381. The van der Waals surface area contributed by atoms with Gasteiger partial charge in [-0.05, 0) is 23.3 Å². The summed E-state index contributed by atoms with van der Waals surface area (Å²) in [6.07, 6.45) is 0. The maximum atomic E-state index is 5.54. The van der Waals surface area contributed by atoms with E-state index in [9.17, 15) is 0 Å². The van der Waals surface area contributed by atoms with Crippen molar-refractivity contribution >= 4 is 0 Å². The van der Waals surface area contributed by atoms with Gasteiger partial charge in [-0.2, -0.15) is 5.48 Å². The summed E-state index contributed by atoms with van der Waals surface area (Å²) in [7, 11) is 3.26. The zero-order valence-electron chi connectivity index (χ0n) is 10.1. The van der Waals surface area contributed by atoms with E-state index in [1.807, 2.05) is 12.1 Å². The molecule has 0 fully saturated rings. The summed E-state index contributed by atoms with van der Waals surface area (Å²) < 4.78 is 16.3. The fourth-order valence-electron chi connectivity index (χ4n) is 1.78. The Morgan fingerprint density at radius 2 is 1.76 bits per heavy atom. The molecule has 0 atom stereocenters. The molecule has 1 aromatic carbocycles. The first-order valence-corrected chi connectivity index (χ1v) is 5.51. The van der Waals surface area contributed by atoms with E-state index in [0.717, 1.165) is 22.6 Å². The number of hydrogen-bond donors (Lipinski definition) is 1. The smallest absolute Gasteiger partial charge is 0.161 e. The standard InChI is InChI=1S/C12H17NO4/c1-14-8-10-6-12-11(16-3-4-17-12)5-9(10)7-13-15-2/h5-6,13H,3-4,7-8H2,1-2H3. The first kappa shape index (κ1) is 12.2. The van der Waals surface area contributed by atoms with Crippen LogP contribution in [0.3, 0.4) is 0 Å². The highest BCUT2D eigenvalue weighted by Gasteiger charge is 2.15.